The Bertz CT molecular complexity index is 1470. The molecular formula is C24H28N6O5S2. The molecule has 2 atom stereocenters. The Kier molecular flexibility index (Phi) is 8.17. The average molecular weight is 545 g/mol. The van der Waals surface area contributed by atoms with Crippen LogP contribution in [0.4, 0.5) is 0 Å². The summed E-state index contributed by atoms with van der Waals surface area (Å²) in [5.41, 5.74) is 2.20. The van der Waals surface area contributed by atoms with E-state index in [1.165, 1.54) is 0 Å². The lowest BCUT2D eigenvalue weighted by Gasteiger charge is -2.23. The Hall–Kier alpha value is -3.39. The fourth-order valence-electron chi connectivity index (χ4n) is 3.83. The molecular weight excluding hydrogens is 516 g/mol. The van der Waals surface area contributed by atoms with Crippen LogP contribution in [-0.4, -0.2) is 52.1 Å². The Balaban J connectivity index is 1.47. The molecule has 196 valence electrons. The number of thiazole rings is 1. The van der Waals surface area contributed by atoms with Crippen molar-refractivity contribution >= 4 is 37.5 Å². The fraction of sp³-hybridized carbons (Fsp3) is 0.333. The van der Waals surface area contributed by atoms with E-state index in [4.69, 9.17) is 9.88 Å². The molecule has 0 aliphatic carbocycles. The second-order valence-corrected chi connectivity index (χ2v) is 11.7. The van der Waals surface area contributed by atoms with Gasteiger partial charge in [0.15, 0.2) is 0 Å². The van der Waals surface area contributed by atoms with Crippen molar-refractivity contribution in [2.75, 3.05) is 6.54 Å². The number of sulfonamides is 1. The number of rotatable bonds is 12. The van der Waals surface area contributed by atoms with Gasteiger partial charge in [0.25, 0.3) is 10.0 Å². The summed E-state index contributed by atoms with van der Waals surface area (Å²) in [4.78, 5) is 15.7. The lowest BCUT2D eigenvalue weighted by atomic mass is 10.0. The Morgan fingerprint density at radius 2 is 1.97 bits per heavy atom. The maximum absolute atomic E-state index is 11.7. The van der Waals surface area contributed by atoms with Gasteiger partial charge in [-0.2, -0.15) is 0 Å². The third kappa shape index (κ3) is 6.89. The van der Waals surface area contributed by atoms with Gasteiger partial charge in [0.1, 0.15) is 24.1 Å². The maximum Gasteiger partial charge on any atom is 0.320 e. The quantitative estimate of drug-likeness (QED) is 0.243. The average Bonchev–Trinajstić information content (AvgIpc) is 3.49. The van der Waals surface area contributed by atoms with Gasteiger partial charge >= 0.3 is 5.97 Å². The molecule has 2 heterocycles. The maximum atomic E-state index is 11.7. The number of aromatic nitrogens is 4. The molecule has 1 unspecified atom stereocenters. The van der Waals surface area contributed by atoms with Crippen molar-refractivity contribution in [1.29, 1.82) is 0 Å². The molecule has 2 aromatic heterocycles. The zero-order valence-electron chi connectivity index (χ0n) is 20.3. The van der Waals surface area contributed by atoms with Crippen molar-refractivity contribution in [3.63, 3.8) is 0 Å². The lowest BCUT2D eigenvalue weighted by molar-refractivity contribution is -0.140. The molecule has 0 fully saturated rings. The molecule has 4 N–H and O–H groups in total. The van der Waals surface area contributed by atoms with Crippen LogP contribution < -0.4 is 15.2 Å². The molecule has 0 radical (unpaired) electrons. The minimum atomic E-state index is -3.87. The van der Waals surface area contributed by atoms with E-state index in [9.17, 15) is 18.3 Å². The molecule has 0 aliphatic heterocycles. The predicted octanol–water partition coefficient (Wildman–Crippen LogP) is 2.60. The number of carbonyl (C=O) groups is 1. The van der Waals surface area contributed by atoms with Crippen LogP contribution in [0.1, 0.15) is 31.1 Å². The summed E-state index contributed by atoms with van der Waals surface area (Å²) in [6.45, 7) is 4.26. The minimum Gasteiger partial charge on any atom is -0.487 e. The molecule has 4 aromatic rings. The molecule has 0 spiro atoms. The highest BCUT2D eigenvalue weighted by atomic mass is 32.2. The highest BCUT2D eigenvalue weighted by Gasteiger charge is 2.23. The van der Waals surface area contributed by atoms with E-state index in [2.05, 4.69) is 20.6 Å². The number of carboxylic acids is 1. The first-order valence-electron chi connectivity index (χ1n) is 11.6. The van der Waals surface area contributed by atoms with Gasteiger partial charge in [-0.25, -0.2) is 23.2 Å². The number of aliphatic carboxylic acids is 1. The third-order valence-corrected chi connectivity index (χ3v) is 8.06. The van der Waals surface area contributed by atoms with Crippen molar-refractivity contribution in [2.24, 2.45) is 11.1 Å². The van der Waals surface area contributed by atoms with Crippen LogP contribution in [0.25, 0.3) is 10.2 Å². The van der Waals surface area contributed by atoms with E-state index in [-0.39, 0.29) is 22.9 Å². The van der Waals surface area contributed by atoms with E-state index in [0.717, 1.165) is 16.9 Å². The Morgan fingerprint density at radius 3 is 2.65 bits per heavy atom. The summed E-state index contributed by atoms with van der Waals surface area (Å²) in [5, 5.41) is 26.4. The standard InChI is InChI=1S/C24H28N6O5S2/c1-15(2)22(23(31)32)26-12-18(10-16-6-4-3-5-7-16)30-13-17(28-29-30)14-35-19-8-9-20-21(11-19)36-24(27-20)37(25,33)34/h3-9,11,13,15,18,22,26H,10,12,14H2,1-2H3,(H,31,32)(H2,25,33,34)/t18-,22?/m0/s1. The highest BCUT2D eigenvalue weighted by molar-refractivity contribution is 7.91. The number of benzene rings is 2. The fourth-order valence-corrected chi connectivity index (χ4v) is 5.51. The highest BCUT2D eigenvalue weighted by Crippen LogP contribution is 2.28. The number of nitrogens with zero attached hydrogens (tertiary/aromatic N) is 4. The summed E-state index contributed by atoms with van der Waals surface area (Å²) in [6, 6.07) is 14.1. The molecule has 13 heteroatoms. The van der Waals surface area contributed by atoms with Gasteiger partial charge in [-0.15, -0.1) is 16.4 Å². The van der Waals surface area contributed by atoms with Gasteiger partial charge in [0, 0.05) is 6.54 Å². The molecule has 0 amide bonds. The molecule has 4 rings (SSSR count). The Morgan fingerprint density at radius 1 is 1.22 bits per heavy atom. The van der Waals surface area contributed by atoms with Crippen LogP contribution in [0.2, 0.25) is 0 Å². The second-order valence-electron chi connectivity index (χ2n) is 8.94. The monoisotopic (exact) mass is 544 g/mol. The van der Waals surface area contributed by atoms with Gasteiger partial charge in [0.05, 0.1) is 22.5 Å². The van der Waals surface area contributed by atoms with E-state index >= 15 is 0 Å². The van der Waals surface area contributed by atoms with Gasteiger partial charge < -0.3 is 15.2 Å². The first kappa shape index (κ1) is 26.7. The van der Waals surface area contributed by atoms with Gasteiger partial charge in [-0.1, -0.05) is 49.4 Å². The molecule has 0 saturated carbocycles. The summed E-state index contributed by atoms with van der Waals surface area (Å²) < 4.78 is 31.2. The van der Waals surface area contributed by atoms with Gasteiger partial charge in [0.2, 0.25) is 4.34 Å². The zero-order chi connectivity index (χ0) is 26.6. The van der Waals surface area contributed by atoms with Crippen LogP contribution in [0.5, 0.6) is 5.75 Å². The van der Waals surface area contributed by atoms with Crippen LogP contribution in [0.15, 0.2) is 59.1 Å². The lowest BCUT2D eigenvalue weighted by Crippen LogP contribution is -2.43. The normalized spacial score (nSPS) is 13.6. The molecule has 0 bridgehead atoms. The molecule has 11 nitrogen and oxygen atoms in total. The number of hydrogen-bond donors (Lipinski definition) is 3. The minimum absolute atomic E-state index is 0.0773. The number of hydrogen-bond acceptors (Lipinski definition) is 9. The molecule has 37 heavy (non-hydrogen) atoms. The molecule has 2 aromatic carbocycles. The second kappa shape index (κ2) is 11.3. The van der Waals surface area contributed by atoms with Crippen LogP contribution in [0, 0.1) is 5.92 Å². The number of nitrogens with one attached hydrogen (secondary N) is 1. The molecule has 0 saturated heterocycles. The number of fused-ring (bicyclic) bond motifs is 1. The molecule has 0 aliphatic rings. The zero-order valence-corrected chi connectivity index (χ0v) is 21.9. The Labute approximate surface area is 218 Å². The van der Waals surface area contributed by atoms with Crippen molar-refractivity contribution < 1.29 is 23.1 Å². The topological polar surface area (TPSA) is 162 Å². The SMILES string of the molecule is CC(C)C(NC[C@H](Cc1ccccc1)n1cc(COc2ccc3nc(S(N)(=O)=O)sc3c2)nn1)C(=O)O. The van der Waals surface area contributed by atoms with Crippen LogP contribution >= 0.6 is 11.3 Å². The van der Waals surface area contributed by atoms with Crippen LogP contribution in [-0.2, 0) is 27.8 Å². The predicted molar refractivity (Wildman–Crippen MR) is 139 cm³/mol. The van der Waals surface area contributed by atoms with Gasteiger partial charge in [-0.3, -0.25) is 4.79 Å². The summed E-state index contributed by atoms with van der Waals surface area (Å²) in [5.74, 6) is -0.447. The van der Waals surface area contributed by atoms with Crippen molar-refractivity contribution in [2.45, 2.75) is 43.3 Å². The number of primary sulfonamides is 1. The summed E-state index contributed by atoms with van der Waals surface area (Å²) >= 11 is 0.976. The number of ether oxygens (including phenoxy) is 1. The largest absolute Gasteiger partial charge is 0.487 e. The van der Waals surface area contributed by atoms with Crippen molar-refractivity contribution in [3.8, 4) is 5.75 Å². The first-order chi connectivity index (χ1) is 17.6. The summed E-state index contributed by atoms with van der Waals surface area (Å²) in [6.07, 6.45) is 2.42. The van der Waals surface area contributed by atoms with Crippen LogP contribution in [0.3, 0.4) is 0 Å². The van der Waals surface area contributed by atoms with Gasteiger partial charge in [-0.05, 0) is 36.1 Å². The van der Waals surface area contributed by atoms with Crippen molar-refractivity contribution in [1.82, 2.24) is 25.3 Å². The number of nitrogens with two attached hydrogens (primary N) is 1. The van der Waals surface area contributed by atoms with E-state index in [1.54, 1.807) is 29.1 Å². The van der Waals surface area contributed by atoms with E-state index < -0.39 is 22.0 Å². The summed E-state index contributed by atoms with van der Waals surface area (Å²) in [7, 11) is -3.87. The van der Waals surface area contributed by atoms with E-state index in [1.807, 2.05) is 44.2 Å². The first-order valence-corrected chi connectivity index (χ1v) is 13.9. The number of carboxylic acid groups (broad SMARTS) is 1. The van der Waals surface area contributed by atoms with Crippen molar-refractivity contribution in [3.05, 3.63) is 66.0 Å². The third-order valence-electron chi connectivity index (χ3n) is 5.72. The smallest absolute Gasteiger partial charge is 0.320 e. The van der Waals surface area contributed by atoms with E-state index in [0.29, 0.717) is 34.6 Å².